The van der Waals surface area contributed by atoms with Crippen molar-refractivity contribution in [3.8, 4) is 5.75 Å². The molecule has 1 fully saturated rings. The number of ether oxygens (including phenoxy) is 1. The van der Waals surface area contributed by atoms with Gasteiger partial charge in [-0.05, 0) is 67.1 Å². The van der Waals surface area contributed by atoms with Crippen LogP contribution < -0.4 is 20.3 Å². The van der Waals surface area contributed by atoms with E-state index in [1.165, 1.54) is 18.2 Å². The van der Waals surface area contributed by atoms with E-state index in [4.69, 9.17) is 4.74 Å². The molecule has 1 saturated heterocycles. The number of urea groups is 1. The highest BCUT2D eigenvalue weighted by Gasteiger charge is 2.36. The molecule has 1 aliphatic heterocycles. The quantitative estimate of drug-likeness (QED) is 0.418. The maximum absolute atomic E-state index is 13.2. The molecule has 2 N–H and O–H groups in total. The number of aryl methyl sites for hydroxylation is 1. The Bertz CT molecular complexity index is 1330. The van der Waals surface area contributed by atoms with Crippen molar-refractivity contribution in [2.75, 3.05) is 16.8 Å². The monoisotopic (exact) mass is 473 g/mol. The first kappa shape index (κ1) is 23.4. The van der Waals surface area contributed by atoms with Crippen molar-refractivity contribution in [2.45, 2.75) is 6.92 Å². The Hall–Kier alpha value is -4.79. The van der Waals surface area contributed by atoms with Gasteiger partial charge in [0.25, 0.3) is 17.7 Å². The normalized spacial score (nSPS) is 14.6. The van der Waals surface area contributed by atoms with Crippen molar-refractivity contribution in [1.29, 1.82) is 0 Å². The number of rotatable bonds is 6. The second-order valence-corrected chi connectivity index (χ2v) is 7.71. The van der Waals surface area contributed by atoms with Crippen LogP contribution in [-0.2, 0) is 14.4 Å². The van der Waals surface area contributed by atoms with Crippen molar-refractivity contribution in [3.05, 3.63) is 95.3 Å². The van der Waals surface area contributed by atoms with Crippen molar-refractivity contribution < 1.29 is 28.3 Å². The molecule has 5 amide bonds. The molecule has 0 radical (unpaired) electrons. The number of carbonyl (C=O) groups is 4. The Labute approximate surface area is 200 Å². The molecule has 0 aliphatic carbocycles. The van der Waals surface area contributed by atoms with Gasteiger partial charge in [0.15, 0.2) is 6.61 Å². The lowest BCUT2D eigenvalue weighted by Gasteiger charge is -2.26. The zero-order valence-electron chi connectivity index (χ0n) is 18.6. The van der Waals surface area contributed by atoms with E-state index in [9.17, 15) is 23.6 Å². The van der Waals surface area contributed by atoms with Gasteiger partial charge in [-0.25, -0.2) is 14.1 Å². The van der Waals surface area contributed by atoms with E-state index >= 15 is 0 Å². The van der Waals surface area contributed by atoms with Crippen molar-refractivity contribution >= 4 is 41.2 Å². The maximum atomic E-state index is 13.2. The number of nitrogens with one attached hydrogen (secondary N) is 2. The van der Waals surface area contributed by atoms with Gasteiger partial charge < -0.3 is 10.1 Å². The molecule has 0 saturated carbocycles. The Kier molecular flexibility index (Phi) is 6.68. The molecule has 35 heavy (non-hydrogen) atoms. The molecule has 1 heterocycles. The van der Waals surface area contributed by atoms with E-state index in [0.29, 0.717) is 17.0 Å². The number of hydrogen-bond donors (Lipinski definition) is 2. The predicted octanol–water partition coefficient (Wildman–Crippen LogP) is 3.82. The summed E-state index contributed by atoms with van der Waals surface area (Å²) in [6.07, 6.45) is 1.31. The van der Waals surface area contributed by atoms with Crippen LogP contribution in [-0.4, -0.2) is 30.4 Å². The summed E-state index contributed by atoms with van der Waals surface area (Å²) < 4.78 is 18.8. The van der Waals surface area contributed by atoms with Gasteiger partial charge in [0.1, 0.15) is 17.1 Å². The zero-order chi connectivity index (χ0) is 24.9. The summed E-state index contributed by atoms with van der Waals surface area (Å²) in [5, 5.41) is 4.83. The number of barbiturate groups is 1. The van der Waals surface area contributed by atoms with E-state index in [2.05, 4.69) is 10.6 Å². The second kappa shape index (κ2) is 10.0. The van der Waals surface area contributed by atoms with E-state index in [-0.39, 0.29) is 23.8 Å². The number of amides is 5. The molecule has 0 aromatic heterocycles. The Balaban J connectivity index is 1.47. The fourth-order valence-corrected chi connectivity index (χ4v) is 3.33. The van der Waals surface area contributed by atoms with E-state index < -0.39 is 23.7 Å². The van der Waals surface area contributed by atoms with E-state index in [0.717, 1.165) is 22.6 Å². The number of carbonyl (C=O) groups excluding carboxylic acids is 4. The maximum Gasteiger partial charge on any atom is 0.335 e. The lowest BCUT2D eigenvalue weighted by Crippen LogP contribution is -2.54. The highest BCUT2D eigenvalue weighted by molar-refractivity contribution is 6.39. The molecule has 3 aromatic carbocycles. The first-order valence-corrected chi connectivity index (χ1v) is 10.6. The molecule has 3 aromatic rings. The summed E-state index contributed by atoms with van der Waals surface area (Å²) in [6, 6.07) is 17.5. The highest BCUT2D eigenvalue weighted by Crippen LogP contribution is 2.23. The molecule has 9 heteroatoms. The average molecular weight is 473 g/mol. The molecule has 0 bridgehead atoms. The predicted molar refractivity (Wildman–Crippen MR) is 127 cm³/mol. The van der Waals surface area contributed by atoms with Gasteiger partial charge >= 0.3 is 6.03 Å². The van der Waals surface area contributed by atoms with Crippen LogP contribution in [0.15, 0.2) is 78.4 Å². The van der Waals surface area contributed by atoms with Crippen LogP contribution in [0.2, 0.25) is 0 Å². The largest absolute Gasteiger partial charge is 0.484 e. The molecule has 176 valence electrons. The summed E-state index contributed by atoms with van der Waals surface area (Å²) in [6.45, 7) is 1.69. The van der Waals surface area contributed by atoms with Crippen LogP contribution in [0.4, 0.5) is 20.6 Å². The number of anilines is 2. The lowest BCUT2D eigenvalue weighted by molar-refractivity contribution is -0.122. The summed E-state index contributed by atoms with van der Waals surface area (Å²) in [4.78, 5) is 50.5. The van der Waals surface area contributed by atoms with Gasteiger partial charge in [-0.1, -0.05) is 29.8 Å². The number of benzene rings is 3. The second-order valence-electron chi connectivity index (χ2n) is 7.71. The van der Waals surface area contributed by atoms with Gasteiger partial charge in [0.2, 0.25) is 0 Å². The Morgan fingerprint density at radius 2 is 1.74 bits per heavy atom. The van der Waals surface area contributed by atoms with Crippen LogP contribution in [0.5, 0.6) is 5.75 Å². The summed E-state index contributed by atoms with van der Waals surface area (Å²) in [5.41, 5.74) is 1.98. The average Bonchev–Trinajstić information content (AvgIpc) is 2.83. The van der Waals surface area contributed by atoms with Gasteiger partial charge in [-0.15, -0.1) is 0 Å². The first-order chi connectivity index (χ1) is 16.8. The SMILES string of the molecule is Cc1ccc(NC(=O)COc2cccc(/C=C3/C(=O)NC(=O)N(c4ccc(F)cc4)C3=O)c2)cc1. The zero-order valence-corrected chi connectivity index (χ0v) is 18.6. The minimum Gasteiger partial charge on any atom is -0.484 e. The van der Waals surface area contributed by atoms with Crippen molar-refractivity contribution in [2.24, 2.45) is 0 Å². The summed E-state index contributed by atoms with van der Waals surface area (Å²) in [5.74, 6) is -2.26. The molecule has 0 unspecified atom stereocenters. The van der Waals surface area contributed by atoms with Gasteiger partial charge in [-0.2, -0.15) is 0 Å². The molecule has 0 spiro atoms. The lowest BCUT2D eigenvalue weighted by atomic mass is 10.1. The number of imide groups is 2. The van der Waals surface area contributed by atoms with Crippen LogP contribution in [0.25, 0.3) is 6.08 Å². The van der Waals surface area contributed by atoms with Gasteiger partial charge in [-0.3, -0.25) is 19.7 Å². The molecule has 4 rings (SSSR count). The Morgan fingerprint density at radius 3 is 2.46 bits per heavy atom. The van der Waals surface area contributed by atoms with Gasteiger partial charge in [0.05, 0.1) is 5.69 Å². The number of nitrogens with zero attached hydrogens (tertiary/aromatic N) is 1. The fourth-order valence-electron chi connectivity index (χ4n) is 3.33. The topological polar surface area (TPSA) is 105 Å². The van der Waals surface area contributed by atoms with Gasteiger partial charge in [0, 0.05) is 5.69 Å². The minimum absolute atomic E-state index is 0.115. The van der Waals surface area contributed by atoms with Crippen LogP contribution in [0.1, 0.15) is 11.1 Å². The third-order valence-electron chi connectivity index (χ3n) is 5.06. The van der Waals surface area contributed by atoms with Crippen molar-refractivity contribution in [1.82, 2.24) is 5.32 Å². The molecular weight excluding hydrogens is 453 g/mol. The number of halogens is 1. The highest BCUT2D eigenvalue weighted by atomic mass is 19.1. The number of hydrogen-bond acceptors (Lipinski definition) is 5. The first-order valence-electron chi connectivity index (χ1n) is 10.6. The van der Waals surface area contributed by atoms with Crippen LogP contribution >= 0.6 is 0 Å². The van der Waals surface area contributed by atoms with Crippen LogP contribution in [0, 0.1) is 12.7 Å². The third-order valence-corrected chi connectivity index (χ3v) is 5.06. The fraction of sp³-hybridized carbons (Fsp3) is 0.0769. The van der Waals surface area contributed by atoms with E-state index in [1.54, 1.807) is 36.4 Å². The summed E-state index contributed by atoms with van der Waals surface area (Å²) in [7, 11) is 0. The van der Waals surface area contributed by atoms with Crippen molar-refractivity contribution in [3.63, 3.8) is 0 Å². The third kappa shape index (κ3) is 5.59. The molecular formula is C26H20FN3O5. The summed E-state index contributed by atoms with van der Waals surface area (Å²) >= 11 is 0. The van der Waals surface area contributed by atoms with Crippen LogP contribution in [0.3, 0.4) is 0 Å². The molecule has 0 atom stereocenters. The standard InChI is InChI=1S/C26H20FN3O5/c1-16-5-9-19(10-6-16)28-23(31)15-35-21-4-2-3-17(13-21)14-22-24(32)29-26(34)30(25(22)33)20-11-7-18(27)8-12-20/h2-14H,15H2,1H3,(H,28,31)(H,29,32,34)/b22-14-. The van der Waals surface area contributed by atoms with E-state index in [1.807, 2.05) is 19.1 Å². The smallest absolute Gasteiger partial charge is 0.335 e. The minimum atomic E-state index is -0.930. The molecule has 1 aliphatic rings. The molecule has 8 nitrogen and oxygen atoms in total. The Morgan fingerprint density at radius 1 is 1.03 bits per heavy atom.